The summed E-state index contributed by atoms with van der Waals surface area (Å²) in [4.78, 5) is 31.3. The molecule has 34 heavy (non-hydrogen) atoms. The normalized spacial score (nSPS) is 24.6. The SMILES string of the molecule is CC1CCc2[nH]c3ccc(C(=O)OCC(=O)N(C4CCCCC4)C4CCS(=O)(=O)C4)cc3c2C1. The highest BCUT2D eigenvalue weighted by molar-refractivity contribution is 7.91. The maximum absolute atomic E-state index is 13.2. The number of nitrogens with zero attached hydrogens (tertiary/aromatic N) is 1. The summed E-state index contributed by atoms with van der Waals surface area (Å²) in [6, 6.07) is 5.24. The quantitative estimate of drug-likeness (QED) is 0.649. The minimum atomic E-state index is -3.12. The van der Waals surface area contributed by atoms with Crippen LogP contribution < -0.4 is 0 Å². The molecule has 1 aromatic carbocycles. The molecule has 1 saturated carbocycles. The Morgan fingerprint density at radius 3 is 2.62 bits per heavy atom. The minimum absolute atomic E-state index is 0.0108. The average molecular weight is 487 g/mol. The van der Waals surface area contributed by atoms with Crippen LogP contribution >= 0.6 is 0 Å². The zero-order chi connectivity index (χ0) is 23.9. The van der Waals surface area contributed by atoms with Crippen molar-refractivity contribution in [2.24, 2.45) is 5.92 Å². The number of ether oxygens (including phenoxy) is 1. The molecule has 7 nitrogen and oxygen atoms in total. The average Bonchev–Trinajstić information content (AvgIpc) is 3.37. The van der Waals surface area contributed by atoms with Gasteiger partial charge in [0.2, 0.25) is 0 Å². The standard InChI is InChI=1S/C26H34N2O5S/c1-17-7-9-23-21(13-17)22-14-18(8-10-24(22)27-23)26(30)33-15-25(29)28(19-5-3-2-4-6-19)20-11-12-34(31,32)16-20/h8,10,14,17,19-20,27H,2-7,9,11-13,15-16H2,1H3. The fourth-order valence-corrected chi connectivity index (χ4v) is 7.77. The molecule has 2 aliphatic carbocycles. The maximum atomic E-state index is 13.2. The summed E-state index contributed by atoms with van der Waals surface area (Å²) >= 11 is 0. The lowest BCUT2D eigenvalue weighted by Gasteiger charge is -2.38. The number of amides is 1. The molecule has 3 aliphatic rings. The number of esters is 1. The molecule has 2 fully saturated rings. The number of benzene rings is 1. The summed E-state index contributed by atoms with van der Waals surface area (Å²) in [6.45, 7) is 1.89. The lowest BCUT2D eigenvalue weighted by molar-refractivity contribution is -0.140. The van der Waals surface area contributed by atoms with Gasteiger partial charge in [-0.2, -0.15) is 0 Å². The summed E-state index contributed by atoms with van der Waals surface area (Å²) in [5.74, 6) is -0.0531. The van der Waals surface area contributed by atoms with Crippen molar-refractivity contribution in [3.05, 3.63) is 35.0 Å². The lowest BCUT2D eigenvalue weighted by Crippen LogP contribution is -2.50. The number of nitrogens with one attached hydrogen (secondary N) is 1. The van der Waals surface area contributed by atoms with E-state index in [9.17, 15) is 18.0 Å². The highest BCUT2D eigenvalue weighted by Crippen LogP contribution is 2.32. The molecule has 2 heterocycles. The minimum Gasteiger partial charge on any atom is -0.452 e. The molecule has 1 aliphatic heterocycles. The van der Waals surface area contributed by atoms with Crippen LogP contribution in [-0.4, -0.2) is 60.4 Å². The maximum Gasteiger partial charge on any atom is 0.338 e. The van der Waals surface area contributed by atoms with Gasteiger partial charge in [-0.05, 0) is 68.2 Å². The Bertz CT molecular complexity index is 1200. The predicted molar refractivity (Wildman–Crippen MR) is 131 cm³/mol. The van der Waals surface area contributed by atoms with Gasteiger partial charge in [-0.3, -0.25) is 4.79 Å². The molecule has 2 aromatic rings. The fraction of sp³-hybridized carbons (Fsp3) is 0.615. The van der Waals surface area contributed by atoms with Gasteiger partial charge in [-0.15, -0.1) is 0 Å². The summed E-state index contributed by atoms with van der Waals surface area (Å²) in [5.41, 5.74) is 4.00. The molecular weight excluding hydrogens is 452 g/mol. The van der Waals surface area contributed by atoms with Gasteiger partial charge in [0.15, 0.2) is 16.4 Å². The van der Waals surface area contributed by atoms with E-state index in [1.165, 1.54) is 11.3 Å². The molecule has 1 saturated heterocycles. The number of hydrogen-bond acceptors (Lipinski definition) is 5. The second kappa shape index (κ2) is 9.36. The van der Waals surface area contributed by atoms with Gasteiger partial charge in [-0.1, -0.05) is 26.2 Å². The fourth-order valence-electron chi connectivity index (χ4n) is 6.06. The number of hydrogen-bond donors (Lipinski definition) is 1. The van der Waals surface area contributed by atoms with Crippen molar-refractivity contribution < 1.29 is 22.7 Å². The predicted octanol–water partition coefficient (Wildman–Crippen LogP) is 3.80. The van der Waals surface area contributed by atoms with Gasteiger partial charge in [0.1, 0.15) is 0 Å². The van der Waals surface area contributed by atoms with Crippen LogP contribution in [0.4, 0.5) is 0 Å². The van der Waals surface area contributed by atoms with Gasteiger partial charge >= 0.3 is 5.97 Å². The molecule has 1 N–H and O–H groups in total. The first kappa shape index (κ1) is 23.4. The molecule has 1 amide bonds. The molecule has 0 spiro atoms. The number of aromatic amines is 1. The third-order valence-corrected chi connectivity index (χ3v) is 9.60. The number of carbonyl (C=O) groups is 2. The van der Waals surface area contributed by atoms with E-state index in [-0.39, 0.29) is 36.1 Å². The van der Waals surface area contributed by atoms with Crippen LogP contribution in [0.1, 0.15) is 73.5 Å². The van der Waals surface area contributed by atoms with E-state index in [0.29, 0.717) is 17.9 Å². The Balaban J connectivity index is 1.30. The van der Waals surface area contributed by atoms with E-state index in [4.69, 9.17) is 4.74 Å². The van der Waals surface area contributed by atoms with Crippen molar-refractivity contribution in [2.45, 2.75) is 76.8 Å². The first-order valence-electron chi connectivity index (χ1n) is 12.6. The molecule has 2 atom stereocenters. The van der Waals surface area contributed by atoms with Crippen LogP contribution in [0.15, 0.2) is 18.2 Å². The molecular formula is C26H34N2O5S. The van der Waals surface area contributed by atoms with Crippen LogP contribution in [-0.2, 0) is 32.2 Å². The Morgan fingerprint density at radius 2 is 1.88 bits per heavy atom. The number of rotatable bonds is 5. The second-order valence-corrected chi connectivity index (χ2v) is 12.6. The van der Waals surface area contributed by atoms with Crippen molar-refractivity contribution in [1.29, 1.82) is 0 Å². The number of H-pyrrole nitrogens is 1. The van der Waals surface area contributed by atoms with Crippen molar-refractivity contribution in [3.8, 4) is 0 Å². The van der Waals surface area contributed by atoms with E-state index < -0.39 is 15.8 Å². The van der Waals surface area contributed by atoms with E-state index in [0.717, 1.165) is 62.3 Å². The molecule has 1 aromatic heterocycles. The van der Waals surface area contributed by atoms with E-state index in [2.05, 4.69) is 11.9 Å². The molecule has 8 heteroatoms. The van der Waals surface area contributed by atoms with Crippen LogP contribution in [0.3, 0.4) is 0 Å². The highest BCUT2D eigenvalue weighted by atomic mass is 32.2. The Morgan fingerprint density at radius 1 is 1.09 bits per heavy atom. The van der Waals surface area contributed by atoms with Crippen LogP contribution in [0.5, 0.6) is 0 Å². The topological polar surface area (TPSA) is 96.5 Å². The van der Waals surface area contributed by atoms with Crippen molar-refractivity contribution in [3.63, 3.8) is 0 Å². The lowest BCUT2D eigenvalue weighted by atomic mass is 9.87. The second-order valence-electron chi connectivity index (χ2n) is 10.4. The van der Waals surface area contributed by atoms with Crippen molar-refractivity contribution >= 4 is 32.6 Å². The molecule has 184 valence electrons. The molecule has 5 rings (SSSR count). The Labute approximate surface area is 201 Å². The van der Waals surface area contributed by atoms with Crippen LogP contribution in [0, 0.1) is 5.92 Å². The summed E-state index contributed by atoms with van der Waals surface area (Å²) in [6.07, 6.45) is 8.61. The third kappa shape index (κ3) is 4.74. The van der Waals surface area contributed by atoms with Crippen LogP contribution in [0.25, 0.3) is 10.9 Å². The number of aryl methyl sites for hydroxylation is 1. The summed E-state index contributed by atoms with van der Waals surface area (Å²) < 4.78 is 29.6. The number of aromatic nitrogens is 1. The number of sulfone groups is 1. The Kier molecular flexibility index (Phi) is 6.44. The first-order valence-corrected chi connectivity index (χ1v) is 14.4. The summed E-state index contributed by atoms with van der Waals surface area (Å²) in [5, 5.41) is 1.06. The van der Waals surface area contributed by atoms with E-state index in [1.807, 2.05) is 12.1 Å². The highest BCUT2D eigenvalue weighted by Gasteiger charge is 2.38. The Hall–Kier alpha value is -2.35. The van der Waals surface area contributed by atoms with Gasteiger partial charge in [-0.25, -0.2) is 13.2 Å². The third-order valence-electron chi connectivity index (χ3n) is 7.85. The smallest absolute Gasteiger partial charge is 0.338 e. The monoisotopic (exact) mass is 486 g/mol. The van der Waals surface area contributed by atoms with Gasteiger partial charge in [0.25, 0.3) is 5.91 Å². The van der Waals surface area contributed by atoms with Gasteiger partial charge in [0.05, 0.1) is 17.1 Å². The molecule has 2 unspecified atom stereocenters. The zero-order valence-electron chi connectivity index (χ0n) is 19.8. The first-order chi connectivity index (χ1) is 16.3. The van der Waals surface area contributed by atoms with E-state index >= 15 is 0 Å². The summed E-state index contributed by atoms with van der Waals surface area (Å²) in [7, 11) is -3.12. The zero-order valence-corrected chi connectivity index (χ0v) is 20.7. The largest absolute Gasteiger partial charge is 0.452 e. The molecule has 0 radical (unpaired) electrons. The number of fused-ring (bicyclic) bond motifs is 3. The number of carbonyl (C=O) groups excluding carboxylic acids is 2. The van der Waals surface area contributed by atoms with Crippen molar-refractivity contribution in [1.82, 2.24) is 9.88 Å². The van der Waals surface area contributed by atoms with Gasteiger partial charge < -0.3 is 14.6 Å². The molecule has 0 bridgehead atoms. The van der Waals surface area contributed by atoms with Gasteiger partial charge in [0, 0.05) is 28.7 Å². The van der Waals surface area contributed by atoms with Crippen LogP contribution in [0.2, 0.25) is 0 Å². The van der Waals surface area contributed by atoms with E-state index in [1.54, 1.807) is 11.0 Å². The van der Waals surface area contributed by atoms with Crippen molar-refractivity contribution in [2.75, 3.05) is 18.1 Å².